The van der Waals surface area contributed by atoms with Crippen molar-refractivity contribution >= 4 is 5.97 Å². The van der Waals surface area contributed by atoms with Gasteiger partial charge < -0.3 is 4.74 Å². The number of carbonyl (C=O) groups excluding carboxylic acids is 1. The van der Waals surface area contributed by atoms with Gasteiger partial charge >= 0.3 is 5.97 Å². The summed E-state index contributed by atoms with van der Waals surface area (Å²) in [5.41, 5.74) is -0.855. The van der Waals surface area contributed by atoms with Gasteiger partial charge in [-0.2, -0.15) is 0 Å². The van der Waals surface area contributed by atoms with Crippen LogP contribution in [-0.4, -0.2) is 11.6 Å². The van der Waals surface area contributed by atoms with Crippen LogP contribution in [0.2, 0.25) is 0 Å². The molecule has 0 rings (SSSR count). The molecule has 0 aromatic carbocycles. The first-order chi connectivity index (χ1) is 7.94. The second-order valence-corrected chi connectivity index (χ2v) is 7.27. The Kier molecular flexibility index (Phi) is 5.46. The van der Waals surface area contributed by atoms with Crippen molar-refractivity contribution in [2.24, 2.45) is 16.7 Å². The SMILES string of the molecule is CCC(C)(C)C(=O)OC(CC)(C(C)C)C(C)(C)C. The number of carbonyl (C=O) groups is 1. The van der Waals surface area contributed by atoms with E-state index < -0.39 is 11.0 Å². The van der Waals surface area contributed by atoms with Crippen molar-refractivity contribution in [3.05, 3.63) is 0 Å². The molecule has 0 aromatic heterocycles. The van der Waals surface area contributed by atoms with E-state index in [-0.39, 0.29) is 11.4 Å². The summed E-state index contributed by atoms with van der Waals surface area (Å²) in [6, 6.07) is 0. The molecule has 0 aromatic rings. The first kappa shape index (κ1) is 17.5. The van der Waals surface area contributed by atoms with Crippen molar-refractivity contribution in [3.63, 3.8) is 0 Å². The standard InChI is InChI=1S/C16H32O2/c1-10-15(8,9)13(17)18-16(11-2,12(3)4)14(5,6)7/h12H,10-11H2,1-9H3. The Morgan fingerprint density at radius 2 is 1.44 bits per heavy atom. The molecule has 108 valence electrons. The number of hydrogen-bond acceptors (Lipinski definition) is 2. The van der Waals surface area contributed by atoms with Gasteiger partial charge in [0.1, 0.15) is 5.60 Å². The Morgan fingerprint density at radius 1 is 1.00 bits per heavy atom. The maximum Gasteiger partial charge on any atom is 0.312 e. The van der Waals surface area contributed by atoms with Crippen molar-refractivity contribution < 1.29 is 9.53 Å². The highest BCUT2D eigenvalue weighted by Crippen LogP contribution is 2.44. The van der Waals surface area contributed by atoms with Crippen molar-refractivity contribution in [2.75, 3.05) is 0 Å². The van der Waals surface area contributed by atoms with Crippen LogP contribution in [0.3, 0.4) is 0 Å². The van der Waals surface area contributed by atoms with Gasteiger partial charge in [0.05, 0.1) is 5.41 Å². The van der Waals surface area contributed by atoms with E-state index in [2.05, 4.69) is 41.5 Å². The van der Waals surface area contributed by atoms with Gasteiger partial charge in [-0.05, 0) is 32.6 Å². The summed E-state index contributed by atoms with van der Waals surface area (Å²) in [6.07, 6.45) is 1.65. The summed E-state index contributed by atoms with van der Waals surface area (Å²) < 4.78 is 6.03. The summed E-state index contributed by atoms with van der Waals surface area (Å²) in [7, 11) is 0. The Balaban J connectivity index is 5.35. The van der Waals surface area contributed by atoms with Gasteiger partial charge in [0, 0.05) is 5.41 Å². The zero-order chi connectivity index (χ0) is 14.8. The summed E-state index contributed by atoms with van der Waals surface area (Å²) in [4.78, 5) is 12.4. The molecule has 0 amide bonds. The highest BCUT2D eigenvalue weighted by atomic mass is 16.6. The van der Waals surface area contributed by atoms with Crippen LogP contribution >= 0.6 is 0 Å². The fourth-order valence-corrected chi connectivity index (χ4v) is 2.60. The monoisotopic (exact) mass is 256 g/mol. The van der Waals surface area contributed by atoms with Crippen LogP contribution in [0, 0.1) is 16.7 Å². The van der Waals surface area contributed by atoms with E-state index in [0.29, 0.717) is 5.92 Å². The van der Waals surface area contributed by atoms with Crippen molar-refractivity contribution in [2.45, 2.75) is 80.8 Å². The summed E-state index contributed by atoms with van der Waals surface area (Å²) in [5, 5.41) is 0. The predicted octanol–water partition coefficient (Wildman–Crippen LogP) is 4.82. The third kappa shape index (κ3) is 3.27. The maximum absolute atomic E-state index is 12.4. The van der Waals surface area contributed by atoms with Gasteiger partial charge in [0.25, 0.3) is 0 Å². The van der Waals surface area contributed by atoms with Gasteiger partial charge in [-0.15, -0.1) is 0 Å². The summed E-state index contributed by atoms with van der Waals surface area (Å²) in [6.45, 7) is 18.8. The lowest BCUT2D eigenvalue weighted by atomic mass is 9.68. The van der Waals surface area contributed by atoms with E-state index in [0.717, 1.165) is 12.8 Å². The molecular weight excluding hydrogens is 224 g/mol. The molecule has 1 unspecified atom stereocenters. The normalized spacial score (nSPS) is 16.6. The molecule has 0 aliphatic carbocycles. The highest BCUT2D eigenvalue weighted by Gasteiger charge is 2.48. The molecule has 0 bridgehead atoms. The molecule has 0 aliphatic rings. The number of rotatable bonds is 5. The molecule has 18 heavy (non-hydrogen) atoms. The van der Waals surface area contributed by atoms with Gasteiger partial charge in [-0.3, -0.25) is 4.79 Å². The van der Waals surface area contributed by atoms with Crippen molar-refractivity contribution in [1.29, 1.82) is 0 Å². The van der Waals surface area contributed by atoms with Gasteiger partial charge in [-0.1, -0.05) is 48.5 Å². The molecule has 0 heterocycles. The lowest BCUT2D eigenvalue weighted by Crippen LogP contribution is -2.52. The van der Waals surface area contributed by atoms with Crippen LogP contribution in [0.1, 0.15) is 75.2 Å². The van der Waals surface area contributed by atoms with E-state index in [1.807, 2.05) is 20.8 Å². The van der Waals surface area contributed by atoms with E-state index in [1.165, 1.54) is 0 Å². The third-order valence-electron chi connectivity index (χ3n) is 4.44. The van der Waals surface area contributed by atoms with Crippen molar-refractivity contribution in [3.8, 4) is 0 Å². The first-order valence-corrected chi connectivity index (χ1v) is 7.18. The molecule has 1 atom stereocenters. The molecule has 0 saturated heterocycles. The molecule has 0 fully saturated rings. The molecule has 0 aliphatic heterocycles. The molecule has 0 saturated carbocycles. The minimum Gasteiger partial charge on any atom is -0.458 e. The van der Waals surface area contributed by atoms with Crippen LogP contribution in [0.25, 0.3) is 0 Å². The Labute approximate surface area is 113 Å². The maximum atomic E-state index is 12.4. The number of esters is 1. The van der Waals surface area contributed by atoms with Crippen molar-refractivity contribution in [1.82, 2.24) is 0 Å². The van der Waals surface area contributed by atoms with E-state index in [1.54, 1.807) is 0 Å². The molecule has 0 spiro atoms. The lowest BCUT2D eigenvalue weighted by molar-refractivity contribution is -0.194. The fraction of sp³-hybridized carbons (Fsp3) is 0.938. The van der Waals surface area contributed by atoms with Crippen LogP contribution in [0.4, 0.5) is 0 Å². The second kappa shape index (κ2) is 5.63. The number of ether oxygens (including phenoxy) is 1. The Hall–Kier alpha value is -0.530. The second-order valence-electron chi connectivity index (χ2n) is 7.27. The lowest BCUT2D eigenvalue weighted by Gasteiger charge is -2.48. The Morgan fingerprint density at radius 3 is 1.67 bits per heavy atom. The van der Waals surface area contributed by atoms with Gasteiger partial charge in [0.15, 0.2) is 0 Å². The van der Waals surface area contributed by atoms with Crippen LogP contribution in [0.15, 0.2) is 0 Å². The van der Waals surface area contributed by atoms with Crippen LogP contribution < -0.4 is 0 Å². The first-order valence-electron chi connectivity index (χ1n) is 7.18. The van der Waals surface area contributed by atoms with Gasteiger partial charge in [-0.25, -0.2) is 0 Å². The average Bonchev–Trinajstić information content (AvgIpc) is 2.22. The minimum absolute atomic E-state index is 0.0601. The summed E-state index contributed by atoms with van der Waals surface area (Å²) in [5.74, 6) is 0.231. The molecular formula is C16H32O2. The average molecular weight is 256 g/mol. The number of hydrogen-bond donors (Lipinski definition) is 0. The van der Waals surface area contributed by atoms with Gasteiger partial charge in [0.2, 0.25) is 0 Å². The predicted molar refractivity (Wildman–Crippen MR) is 77.5 cm³/mol. The Bertz CT molecular complexity index is 284. The zero-order valence-electron chi connectivity index (χ0n) is 13.8. The molecule has 0 radical (unpaired) electrons. The van der Waals surface area contributed by atoms with E-state index in [4.69, 9.17) is 4.74 Å². The molecule has 0 N–H and O–H groups in total. The zero-order valence-corrected chi connectivity index (χ0v) is 13.8. The van der Waals surface area contributed by atoms with E-state index in [9.17, 15) is 4.79 Å². The quantitative estimate of drug-likeness (QED) is 0.659. The fourth-order valence-electron chi connectivity index (χ4n) is 2.60. The highest BCUT2D eigenvalue weighted by molar-refractivity contribution is 5.76. The third-order valence-corrected chi connectivity index (χ3v) is 4.44. The molecule has 2 heteroatoms. The van der Waals surface area contributed by atoms with Crippen LogP contribution in [-0.2, 0) is 9.53 Å². The summed E-state index contributed by atoms with van der Waals surface area (Å²) >= 11 is 0. The smallest absolute Gasteiger partial charge is 0.312 e. The van der Waals surface area contributed by atoms with E-state index >= 15 is 0 Å². The topological polar surface area (TPSA) is 26.3 Å². The van der Waals surface area contributed by atoms with Crippen LogP contribution in [0.5, 0.6) is 0 Å². The minimum atomic E-state index is -0.402. The largest absolute Gasteiger partial charge is 0.458 e. The molecule has 2 nitrogen and oxygen atoms in total.